The van der Waals surface area contributed by atoms with Crippen LogP contribution in [0.3, 0.4) is 0 Å². The van der Waals surface area contributed by atoms with Crippen LogP contribution < -0.4 is 4.74 Å². The van der Waals surface area contributed by atoms with Crippen molar-refractivity contribution in [2.75, 3.05) is 7.05 Å². The molecule has 0 aliphatic carbocycles. The molecule has 0 unspecified atom stereocenters. The molecular weight excluding hydrogens is 362 g/mol. The Bertz CT molecular complexity index is 850. The van der Waals surface area contributed by atoms with E-state index in [0.717, 1.165) is 4.88 Å². The highest BCUT2D eigenvalue weighted by Gasteiger charge is 2.21. The lowest BCUT2D eigenvalue weighted by Gasteiger charge is -2.20. The largest absolute Gasteiger partial charge is 0.481 e. The lowest BCUT2D eigenvalue weighted by atomic mass is 10.3. The Morgan fingerprint density at radius 1 is 1.40 bits per heavy atom. The van der Waals surface area contributed by atoms with Crippen molar-refractivity contribution < 1.29 is 14.1 Å². The molecule has 130 valence electrons. The van der Waals surface area contributed by atoms with Gasteiger partial charge in [0.25, 0.3) is 5.91 Å². The number of benzene rings is 1. The molecule has 0 N–H and O–H groups in total. The zero-order valence-corrected chi connectivity index (χ0v) is 15.3. The van der Waals surface area contributed by atoms with E-state index in [1.165, 1.54) is 16.2 Å². The molecule has 0 aliphatic heterocycles. The van der Waals surface area contributed by atoms with E-state index in [4.69, 9.17) is 20.9 Å². The zero-order valence-electron chi connectivity index (χ0n) is 13.7. The van der Waals surface area contributed by atoms with E-state index in [-0.39, 0.29) is 12.5 Å². The number of ether oxygens (including phenoxy) is 1. The van der Waals surface area contributed by atoms with Gasteiger partial charge in [0, 0.05) is 12.1 Å². The fraction of sp³-hybridized carbons (Fsp3) is 0.235. The second-order valence-electron chi connectivity index (χ2n) is 5.40. The van der Waals surface area contributed by atoms with Crippen LogP contribution in [0.25, 0.3) is 10.7 Å². The molecule has 0 bridgehead atoms. The summed E-state index contributed by atoms with van der Waals surface area (Å²) in [7, 11) is 1.66. The maximum Gasteiger partial charge on any atom is 0.263 e. The van der Waals surface area contributed by atoms with Crippen LogP contribution in [0.4, 0.5) is 0 Å². The molecule has 3 rings (SSSR count). The van der Waals surface area contributed by atoms with Crippen LogP contribution in [-0.2, 0) is 11.3 Å². The molecule has 8 heteroatoms. The standard InChI is InChI=1S/C17H16ClN3O3S/c1-11(23-13-6-3-5-12(18)9-13)17(22)21(2)10-15-19-16(20-24-15)14-7-4-8-25-14/h3-9,11H,10H2,1-2H3/t11-/m0/s1. The highest BCUT2D eigenvalue weighted by atomic mass is 35.5. The van der Waals surface area contributed by atoms with Gasteiger partial charge in [-0.1, -0.05) is 28.9 Å². The monoisotopic (exact) mass is 377 g/mol. The first-order chi connectivity index (χ1) is 12.0. The number of halogens is 1. The Labute approximate surface area is 154 Å². The Balaban J connectivity index is 1.60. The third-order valence-corrected chi connectivity index (χ3v) is 4.52. The topological polar surface area (TPSA) is 68.5 Å². The van der Waals surface area contributed by atoms with Gasteiger partial charge in [0.1, 0.15) is 5.75 Å². The van der Waals surface area contributed by atoms with Crippen LogP contribution in [0.15, 0.2) is 46.3 Å². The molecule has 25 heavy (non-hydrogen) atoms. The molecule has 0 radical (unpaired) electrons. The molecule has 6 nitrogen and oxygen atoms in total. The second kappa shape index (κ2) is 7.67. The lowest BCUT2D eigenvalue weighted by molar-refractivity contribution is -0.137. The number of aromatic nitrogens is 2. The fourth-order valence-electron chi connectivity index (χ4n) is 2.21. The molecule has 0 fully saturated rings. The number of amides is 1. The van der Waals surface area contributed by atoms with Gasteiger partial charge in [0.15, 0.2) is 6.10 Å². The summed E-state index contributed by atoms with van der Waals surface area (Å²) in [6, 6.07) is 10.8. The number of hydrogen-bond donors (Lipinski definition) is 0. The number of nitrogens with zero attached hydrogens (tertiary/aromatic N) is 3. The van der Waals surface area contributed by atoms with Crippen molar-refractivity contribution in [3.8, 4) is 16.5 Å². The minimum Gasteiger partial charge on any atom is -0.481 e. The van der Waals surface area contributed by atoms with Crippen LogP contribution in [0, 0.1) is 0 Å². The summed E-state index contributed by atoms with van der Waals surface area (Å²) in [5, 5.41) is 6.43. The highest BCUT2D eigenvalue weighted by molar-refractivity contribution is 7.13. The SMILES string of the molecule is C[C@H](Oc1cccc(Cl)c1)C(=O)N(C)Cc1nc(-c2cccs2)no1. The average Bonchev–Trinajstić information content (AvgIpc) is 3.25. The van der Waals surface area contributed by atoms with Crippen molar-refractivity contribution in [1.29, 1.82) is 0 Å². The van der Waals surface area contributed by atoms with Crippen LogP contribution in [0.5, 0.6) is 5.75 Å². The molecular formula is C17H16ClN3O3S. The molecule has 2 heterocycles. The molecule has 0 saturated carbocycles. The van der Waals surface area contributed by atoms with E-state index in [1.807, 2.05) is 17.5 Å². The van der Waals surface area contributed by atoms with Crippen LogP contribution >= 0.6 is 22.9 Å². The molecule has 0 saturated heterocycles. The lowest BCUT2D eigenvalue weighted by Crippen LogP contribution is -2.37. The first-order valence-electron chi connectivity index (χ1n) is 7.56. The van der Waals surface area contributed by atoms with E-state index >= 15 is 0 Å². The molecule has 1 amide bonds. The summed E-state index contributed by atoms with van der Waals surface area (Å²) in [6.45, 7) is 1.89. The molecule has 3 aromatic rings. The van der Waals surface area contributed by atoms with Crippen molar-refractivity contribution in [2.45, 2.75) is 19.6 Å². The summed E-state index contributed by atoms with van der Waals surface area (Å²) in [5.74, 6) is 1.23. The number of hydrogen-bond acceptors (Lipinski definition) is 6. The van der Waals surface area contributed by atoms with Gasteiger partial charge in [-0.25, -0.2) is 0 Å². The van der Waals surface area contributed by atoms with E-state index in [0.29, 0.717) is 22.5 Å². The van der Waals surface area contributed by atoms with Crippen molar-refractivity contribution in [2.24, 2.45) is 0 Å². The van der Waals surface area contributed by atoms with Crippen molar-refractivity contribution in [3.63, 3.8) is 0 Å². The third kappa shape index (κ3) is 4.37. The zero-order chi connectivity index (χ0) is 17.8. The fourth-order valence-corrected chi connectivity index (χ4v) is 3.04. The van der Waals surface area contributed by atoms with Gasteiger partial charge in [-0.3, -0.25) is 4.79 Å². The average molecular weight is 378 g/mol. The number of rotatable bonds is 6. The van der Waals surface area contributed by atoms with E-state index in [9.17, 15) is 4.79 Å². The highest BCUT2D eigenvalue weighted by Crippen LogP contribution is 2.22. The summed E-state index contributed by atoms with van der Waals surface area (Å²) in [4.78, 5) is 19.2. The number of thiophene rings is 1. The maximum absolute atomic E-state index is 12.5. The Morgan fingerprint density at radius 3 is 2.96 bits per heavy atom. The van der Waals surface area contributed by atoms with Crippen LogP contribution in [-0.4, -0.2) is 34.1 Å². The van der Waals surface area contributed by atoms with Gasteiger partial charge in [-0.05, 0) is 36.6 Å². The van der Waals surface area contributed by atoms with E-state index in [1.54, 1.807) is 38.2 Å². The van der Waals surface area contributed by atoms with Crippen molar-refractivity contribution in [1.82, 2.24) is 15.0 Å². The third-order valence-electron chi connectivity index (χ3n) is 3.42. The van der Waals surface area contributed by atoms with Gasteiger partial charge < -0.3 is 14.2 Å². The molecule has 0 spiro atoms. The summed E-state index contributed by atoms with van der Waals surface area (Å²) in [5.41, 5.74) is 0. The number of carbonyl (C=O) groups excluding carboxylic acids is 1. The van der Waals surface area contributed by atoms with Crippen molar-refractivity contribution in [3.05, 3.63) is 52.7 Å². The summed E-state index contributed by atoms with van der Waals surface area (Å²) in [6.07, 6.45) is -0.664. The summed E-state index contributed by atoms with van der Waals surface area (Å²) >= 11 is 7.45. The van der Waals surface area contributed by atoms with Gasteiger partial charge >= 0.3 is 0 Å². The second-order valence-corrected chi connectivity index (χ2v) is 6.78. The van der Waals surface area contributed by atoms with Crippen molar-refractivity contribution >= 4 is 28.8 Å². The summed E-state index contributed by atoms with van der Waals surface area (Å²) < 4.78 is 10.9. The number of carbonyl (C=O) groups is 1. The maximum atomic E-state index is 12.5. The Morgan fingerprint density at radius 2 is 2.24 bits per heavy atom. The van der Waals surface area contributed by atoms with Crippen LogP contribution in [0.1, 0.15) is 12.8 Å². The molecule has 1 atom stereocenters. The van der Waals surface area contributed by atoms with Gasteiger partial charge in [-0.15, -0.1) is 11.3 Å². The van der Waals surface area contributed by atoms with E-state index < -0.39 is 6.10 Å². The smallest absolute Gasteiger partial charge is 0.263 e. The van der Waals surface area contributed by atoms with E-state index in [2.05, 4.69) is 10.1 Å². The van der Waals surface area contributed by atoms with Crippen LogP contribution in [0.2, 0.25) is 5.02 Å². The minimum atomic E-state index is -0.664. The quantitative estimate of drug-likeness (QED) is 0.652. The molecule has 2 aromatic heterocycles. The van der Waals surface area contributed by atoms with Gasteiger partial charge in [0.2, 0.25) is 11.7 Å². The van der Waals surface area contributed by atoms with Gasteiger partial charge in [-0.2, -0.15) is 4.98 Å². The Hall–Kier alpha value is -2.38. The number of likely N-dealkylation sites (N-methyl/N-ethyl adjacent to an activating group) is 1. The predicted molar refractivity (Wildman–Crippen MR) is 95.6 cm³/mol. The first kappa shape index (κ1) is 17.4. The predicted octanol–water partition coefficient (Wildman–Crippen LogP) is 3.88. The first-order valence-corrected chi connectivity index (χ1v) is 8.82. The minimum absolute atomic E-state index is 0.198. The molecule has 1 aromatic carbocycles. The normalized spacial score (nSPS) is 12.0. The molecule has 0 aliphatic rings. The van der Waals surface area contributed by atoms with Gasteiger partial charge in [0.05, 0.1) is 11.4 Å². The Kier molecular flexibility index (Phi) is 5.35.